The van der Waals surface area contributed by atoms with Crippen LogP contribution in [0.1, 0.15) is 51.9 Å². The van der Waals surface area contributed by atoms with Gasteiger partial charge in [0.25, 0.3) is 0 Å². The molecule has 2 unspecified atom stereocenters. The summed E-state index contributed by atoms with van der Waals surface area (Å²) in [4.78, 5) is 2.35. The van der Waals surface area contributed by atoms with Gasteiger partial charge in [-0.2, -0.15) is 0 Å². The molecule has 0 aromatic carbocycles. The van der Waals surface area contributed by atoms with Crippen LogP contribution in [0.3, 0.4) is 0 Å². The lowest BCUT2D eigenvalue weighted by Crippen LogP contribution is -2.43. The number of β-amino-alcohol motifs (C(OH)–C–C–N with tert-alkyl or cyclic N) is 1. The minimum Gasteiger partial charge on any atom is -0.389 e. The zero-order valence-corrected chi connectivity index (χ0v) is 12.8. The lowest BCUT2D eigenvalue weighted by Gasteiger charge is -2.35. The maximum atomic E-state index is 10.2. The number of likely N-dealkylation sites (tertiary alicyclic amines) is 1. The third-order valence-electron chi connectivity index (χ3n) is 4.69. The third-order valence-corrected chi connectivity index (χ3v) is 4.69. The predicted molar refractivity (Wildman–Crippen MR) is 81.4 cm³/mol. The quantitative estimate of drug-likeness (QED) is 0.785. The molecule has 0 aromatic rings. The number of nitrogens with zero attached hydrogens (tertiary/aromatic N) is 1. The second-order valence-corrected chi connectivity index (χ2v) is 6.67. The average Bonchev–Trinajstić information content (AvgIpc) is 2.46. The molecule has 2 fully saturated rings. The zero-order valence-electron chi connectivity index (χ0n) is 12.8. The van der Waals surface area contributed by atoms with Crippen LogP contribution in [0.5, 0.6) is 0 Å². The second-order valence-electron chi connectivity index (χ2n) is 6.67. The molecule has 3 nitrogen and oxygen atoms in total. The van der Waals surface area contributed by atoms with Crippen molar-refractivity contribution >= 4 is 0 Å². The summed E-state index contributed by atoms with van der Waals surface area (Å²) in [7, 11) is 0. The average molecular weight is 279 g/mol. The molecule has 1 aliphatic carbocycles. The van der Waals surface area contributed by atoms with Gasteiger partial charge < -0.3 is 14.7 Å². The van der Waals surface area contributed by atoms with Crippen molar-refractivity contribution in [3.05, 3.63) is 0 Å². The van der Waals surface area contributed by atoms with Crippen LogP contribution in [0.4, 0.5) is 0 Å². The minimum absolute atomic E-state index is 0.370. The Bertz CT molecular complexity index is 330. The largest absolute Gasteiger partial charge is 0.389 e. The minimum atomic E-state index is -0.424. The Hall–Kier alpha value is -0.560. The van der Waals surface area contributed by atoms with Crippen molar-refractivity contribution in [2.75, 3.05) is 26.2 Å². The molecule has 0 aromatic heterocycles. The summed E-state index contributed by atoms with van der Waals surface area (Å²) < 4.78 is 5.94. The molecule has 1 aliphatic heterocycles. The van der Waals surface area contributed by atoms with Crippen LogP contribution in [0.25, 0.3) is 0 Å². The second kappa shape index (κ2) is 7.45. The van der Waals surface area contributed by atoms with Crippen molar-refractivity contribution in [3.8, 4) is 12.3 Å². The highest BCUT2D eigenvalue weighted by molar-refractivity contribution is 5.09. The van der Waals surface area contributed by atoms with Gasteiger partial charge in [0.2, 0.25) is 0 Å². The van der Waals surface area contributed by atoms with E-state index in [0.29, 0.717) is 13.2 Å². The van der Waals surface area contributed by atoms with E-state index in [-0.39, 0.29) is 0 Å². The summed E-state index contributed by atoms with van der Waals surface area (Å²) in [6.07, 6.45) is 13.2. The molecule has 1 heterocycles. The Labute approximate surface area is 123 Å². The number of aliphatic hydroxyl groups excluding tert-OH is 1. The van der Waals surface area contributed by atoms with Gasteiger partial charge in [-0.3, -0.25) is 0 Å². The standard InChI is InChI=1S/C17H29NO2/c1-3-17(9-5-4-6-10-17)20-14-16(19)13-18-11-7-8-15(2)12-18/h1,15-16,19H,4-14H2,2H3. The van der Waals surface area contributed by atoms with Gasteiger partial charge in [-0.1, -0.05) is 19.3 Å². The fourth-order valence-electron chi connectivity index (χ4n) is 3.51. The molecule has 0 spiro atoms. The predicted octanol–water partition coefficient (Wildman–Crippen LogP) is 2.43. The first kappa shape index (κ1) is 15.8. The van der Waals surface area contributed by atoms with E-state index in [2.05, 4.69) is 17.7 Å². The van der Waals surface area contributed by atoms with Crippen LogP contribution in [0.15, 0.2) is 0 Å². The first-order valence-corrected chi connectivity index (χ1v) is 8.16. The summed E-state index contributed by atoms with van der Waals surface area (Å²) in [5.41, 5.74) is -0.408. The SMILES string of the molecule is C#CC1(OCC(O)CN2CCCC(C)C2)CCCCC1. The maximum absolute atomic E-state index is 10.2. The topological polar surface area (TPSA) is 32.7 Å². The van der Waals surface area contributed by atoms with E-state index in [0.717, 1.165) is 44.7 Å². The van der Waals surface area contributed by atoms with E-state index in [1.807, 2.05) is 0 Å². The monoisotopic (exact) mass is 279 g/mol. The van der Waals surface area contributed by atoms with Crippen molar-refractivity contribution in [1.29, 1.82) is 0 Å². The Morgan fingerprint density at radius 1 is 1.35 bits per heavy atom. The fourth-order valence-corrected chi connectivity index (χ4v) is 3.51. The van der Waals surface area contributed by atoms with Crippen LogP contribution in [-0.2, 0) is 4.74 Å². The molecule has 1 saturated carbocycles. The molecule has 0 bridgehead atoms. The van der Waals surface area contributed by atoms with E-state index < -0.39 is 11.7 Å². The number of piperidine rings is 1. The van der Waals surface area contributed by atoms with Crippen LogP contribution in [0, 0.1) is 18.3 Å². The maximum Gasteiger partial charge on any atom is 0.128 e. The Balaban J connectivity index is 1.73. The smallest absolute Gasteiger partial charge is 0.128 e. The number of terminal acetylenes is 1. The van der Waals surface area contributed by atoms with Gasteiger partial charge in [0.05, 0.1) is 12.7 Å². The zero-order chi connectivity index (χ0) is 14.4. The van der Waals surface area contributed by atoms with Crippen LogP contribution in [-0.4, -0.2) is 48.0 Å². The van der Waals surface area contributed by atoms with Gasteiger partial charge >= 0.3 is 0 Å². The molecule has 20 heavy (non-hydrogen) atoms. The number of ether oxygens (including phenoxy) is 1. The normalized spacial score (nSPS) is 28.8. The number of rotatable bonds is 5. The summed E-state index contributed by atoms with van der Waals surface area (Å²) >= 11 is 0. The molecule has 2 aliphatic rings. The molecule has 1 N–H and O–H groups in total. The van der Waals surface area contributed by atoms with Crippen molar-refractivity contribution in [3.63, 3.8) is 0 Å². The third kappa shape index (κ3) is 4.48. The molecule has 114 valence electrons. The summed E-state index contributed by atoms with van der Waals surface area (Å²) in [6, 6.07) is 0. The van der Waals surface area contributed by atoms with Crippen molar-refractivity contribution in [2.45, 2.75) is 63.6 Å². The summed E-state index contributed by atoms with van der Waals surface area (Å²) in [6.45, 7) is 5.56. The molecule has 0 amide bonds. The van der Waals surface area contributed by atoms with Crippen LogP contribution >= 0.6 is 0 Å². The van der Waals surface area contributed by atoms with E-state index in [4.69, 9.17) is 11.2 Å². The Kier molecular flexibility index (Phi) is 5.89. The summed E-state index contributed by atoms with van der Waals surface area (Å²) in [5.74, 6) is 3.58. The number of aliphatic hydroxyl groups is 1. The van der Waals surface area contributed by atoms with Gasteiger partial charge in [0.1, 0.15) is 5.60 Å². The molecular formula is C17H29NO2. The number of hydrogen-bond acceptors (Lipinski definition) is 3. The molecule has 3 heteroatoms. The van der Waals surface area contributed by atoms with Crippen molar-refractivity contribution in [1.82, 2.24) is 4.90 Å². The summed E-state index contributed by atoms with van der Waals surface area (Å²) in [5, 5.41) is 10.2. The van der Waals surface area contributed by atoms with Gasteiger partial charge in [-0.15, -0.1) is 6.42 Å². The van der Waals surface area contributed by atoms with Gasteiger partial charge in [-0.05, 0) is 51.0 Å². The van der Waals surface area contributed by atoms with Gasteiger partial charge in [-0.25, -0.2) is 0 Å². The highest BCUT2D eigenvalue weighted by Crippen LogP contribution is 2.31. The van der Waals surface area contributed by atoms with Crippen LogP contribution in [0.2, 0.25) is 0 Å². The van der Waals surface area contributed by atoms with Crippen LogP contribution < -0.4 is 0 Å². The Morgan fingerprint density at radius 3 is 2.75 bits per heavy atom. The highest BCUT2D eigenvalue weighted by atomic mass is 16.5. The highest BCUT2D eigenvalue weighted by Gasteiger charge is 2.31. The molecular weight excluding hydrogens is 250 g/mol. The molecule has 1 saturated heterocycles. The Morgan fingerprint density at radius 2 is 2.10 bits per heavy atom. The van der Waals surface area contributed by atoms with E-state index in [1.54, 1.807) is 0 Å². The van der Waals surface area contributed by atoms with Gasteiger partial charge in [0, 0.05) is 13.1 Å². The first-order valence-electron chi connectivity index (χ1n) is 8.16. The first-order chi connectivity index (χ1) is 9.63. The number of hydrogen-bond donors (Lipinski definition) is 1. The molecule has 0 radical (unpaired) electrons. The van der Waals surface area contributed by atoms with Crippen molar-refractivity contribution in [2.24, 2.45) is 5.92 Å². The lowest BCUT2D eigenvalue weighted by atomic mass is 9.85. The van der Waals surface area contributed by atoms with E-state index in [1.165, 1.54) is 19.3 Å². The van der Waals surface area contributed by atoms with Gasteiger partial charge in [0.15, 0.2) is 0 Å². The fraction of sp³-hybridized carbons (Fsp3) is 0.882. The van der Waals surface area contributed by atoms with E-state index >= 15 is 0 Å². The molecule has 2 atom stereocenters. The molecule has 2 rings (SSSR count). The van der Waals surface area contributed by atoms with E-state index in [9.17, 15) is 5.11 Å². The lowest BCUT2D eigenvalue weighted by molar-refractivity contribution is -0.0712. The van der Waals surface area contributed by atoms with Crippen molar-refractivity contribution < 1.29 is 9.84 Å².